The molecule has 0 heterocycles. The van der Waals surface area contributed by atoms with Gasteiger partial charge in [0.25, 0.3) is 0 Å². The zero-order chi connectivity index (χ0) is 14.9. The third-order valence-electron chi connectivity index (χ3n) is 3.18. The number of hydrogen-bond donors (Lipinski definition) is 1. The highest BCUT2D eigenvalue weighted by Gasteiger charge is 1.98. The molecule has 0 aromatic heterocycles. The highest BCUT2D eigenvalue weighted by molar-refractivity contribution is 5.83. The van der Waals surface area contributed by atoms with Gasteiger partial charge in [0.15, 0.2) is 0 Å². The molecule has 0 fully saturated rings. The zero-order valence-corrected chi connectivity index (χ0v) is 12.3. The van der Waals surface area contributed by atoms with Gasteiger partial charge < -0.3 is 0 Å². The SMILES string of the molecule is CCCCC(=O)NN=Cc1ccc(-c2ccccc2)cc1. The largest absolute Gasteiger partial charge is 0.273 e. The number of unbranched alkanes of at least 4 members (excludes halogenated alkanes) is 1. The molecular weight excluding hydrogens is 260 g/mol. The van der Waals surface area contributed by atoms with Crippen LogP contribution in [-0.4, -0.2) is 12.1 Å². The van der Waals surface area contributed by atoms with E-state index in [1.165, 1.54) is 11.1 Å². The van der Waals surface area contributed by atoms with Crippen molar-refractivity contribution in [2.24, 2.45) is 5.10 Å². The molecule has 2 aromatic rings. The molecule has 0 unspecified atom stereocenters. The first-order chi connectivity index (χ1) is 10.3. The van der Waals surface area contributed by atoms with Crippen molar-refractivity contribution in [3.8, 4) is 11.1 Å². The van der Waals surface area contributed by atoms with Gasteiger partial charge in [0.2, 0.25) is 5.91 Å². The van der Waals surface area contributed by atoms with E-state index in [-0.39, 0.29) is 5.91 Å². The maximum atomic E-state index is 11.4. The summed E-state index contributed by atoms with van der Waals surface area (Å²) in [6.07, 6.45) is 4.10. The number of carbonyl (C=O) groups is 1. The summed E-state index contributed by atoms with van der Waals surface area (Å²) in [6.45, 7) is 2.06. The smallest absolute Gasteiger partial charge is 0.240 e. The third kappa shape index (κ3) is 4.88. The Bertz CT molecular complexity index is 588. The summed E-state index contributed by atoms with van der Waals surface area (Å²) >= 11 is 0. The van der Waals surface area contributed by atoms with Crippen molar-refractivity contribution in [2.45, 2.75) is 26.2 Å². The first kappa shape index (κ1) is 15.0. The lowest BCUT2D eigenvalue weighted by atomic mass is 10.0. The topological polar surface area (TPSA) is 41.5 Å². The first-order valence-corrected chi connectivity index (χ1v) is 7.27. The van der Waals surface area contributed by atoms with Crippen molar-refractivity contribution in [3.05, 3.63) is 60.2 Å². The third-order valence-corrected chi connectivity index (χ3v) is 3.18. The van der Waals surface area contributed by atoms with Crippen molar-refractivity contribution in [1.29, 1.82) is 0 Å². The van der Waals surface area contributed by atoms with E-state index in [0.29, 0.717) is 6.42 Å². The summed E-state index contributed by atoms with van der Waals surface area (Å²) in [5.74, 6) is -0.0333. The van der Waals surface area contributed by atoms with Crippen LogP contribution < -0.4 is 5.43 Å². The van der Waals surface area contributed by atoms with Gasteiger partial charge in [0.1, 0.15) is 0 Å². The Kier molecular flexibility index (Phi) is 5.71. The number of rotatable bonds is 6. The summed E-state index contributed by atoms with van der Waals surface area (Å²) < 4.78 is 0. The fourth-order valence-corrected chi connectivity index (χ4v) is 1.96. The lowest BCUT2D eigenvalue weighted by Crippen LogP contribution is -2.16. The normalized spacial score (nSPS) is 10.7. The number of nitrogens with one attached hydrogen (secondary N) is 1. The van der Waals surface area contributed by atoms with Gasteiger partial charge in [-0.25, -0.2) is 5.43 Å². The Labute approximate surface area is 125 Å². The van der Waals surface area contributed by atoms with E-state index < -0.39 is 0 Å². The minimum atomic E-state index is -0.0333. The Morgan fingerprint density at radius 2 is 1.71 bits per heavy atom. The highest BCUT2D eigenvalue weighted by Crippen LogP contribution is 2.18. The Balaban J connectivity index is 1.92. The van der Waals surface area contributed by atoms with Gasteiger partial charge in [0, 0.05) is 6.42 Å². The molecule has 0 spiro atoms. The molecule has 3 heteroatoms. The molecular formula is C18H20N2O. The lowest BCUT2D eigenvalue weighted by Gasteiger charge is -2.02. The van der Waals surface area contributed by atoms with Crippen molar-refractivity contribution in [1.82, 2.24) is 5.43 Å². The van der Waals surface area contributed by atoms with E-state index in [2.05, 4.69) is 41.7 Å². The number of benzene rings is 2. The van der Waals surface area contributed by atoms with Crippen LogP contribution in [-0.2, 0) is 4.79 Å². The average Bonchev–Trinajstić information content (AvgIpc) is 2.54. The molecule has 0 aliphatic rings. The molecule has 21 heavy (non-hydrogen) atoms. The van der Waals surface area contributed by atoms with Gasteiger partial charge >= 0.3 is 0 Å². The second kappa shape index (κ2) is 8.00. The minimum Gasteiger partial charge on any atom is -0.273 e. The molecule has 0 aliphatic heterocycles. The predicted molar refractivity (Wildman–Crippen MR) is 87.1 cm³/mol. The van der Waals surface area contributed by atoms with E-state index in [0.717, 1.165) is 18.4 Å². The Morgan fingerprint density at radius 1 is 1.05 bits per heavy atom. The molecule has 0 radical (unpaired) electrons. The van der Waals surface area contributed by atoms with Gasteiger partial charge in [-0.2, -0.15) is 5.10 Å². The van der Waals surface area contributed by atoms with Crippen molar-refractivity contribution < 1.29 is 4.79 Å². The molecule has 0 aliphatic carbocycles. The summed E-state index contributed by atoms with van der Waals surface area (Å²) in [5, 5.41) is 3.97. The van der Waals surface area contributed by atoms with Crippen LogP contribution in [0.25, 0.3) is 11.1 Å². The van der Waals surface area contributed by atoms with E-state index in [1.54, 1.807) is 6.21 Å². The summed E-state index contributed by atoms with van der Waals surface area (Å²) in [4.78, 5) is 11.4. The van der Waals surface area contributed by atoms with Crippen LogP contribution in [0.4, 0.5) is 0 Å². The maximum Gasteiger partial charge on any atom is 0.240 e. The summed E-state index contributed by atoms with van der Waals surface area (Å²) in [6, 6.07) is 18.3. The number of carbonyl (C=O) groups excluding carboxylic acids is 1. The van der Waals surface area contributed by atoms with Gasteiger partial charge in [-0.05, 0) is 23.1 Å². The van der Waals surface area contributed by atoms with Crippen molar-refractivity contribution >= 4 is 12.1 Å². The molecule has 2 rings (SSSR count). The Morgan fingerprint density at radius 3 is 2.38 bits per heavy atom. The van der Waals surface area contributed by atoms with Crippen LogP contribution in [0, 0.1) is 0 Å². The standard InChI is InChI=1S/C18H20N2O/c1-2-3-9-18(21)20-19-14-15-10-12-17(13-11-15)16-7-5-4-6-8-16/h4-8,10-14H,2-3,9H2,1H3,(H,20,21). The molecule has 2 aromatic carbocycles. The number of amides is 1. The van der Waals surface area contributed by atoms with Crippen molar-refractivity contribution in [3.63, 3.8) is 0 Å². The lowest BCUT2D eigenvalue weighted by molar-refractivity contribution is -0.121. The van der Waals surface area contributed by atoms with Crippen LogP contribution in [0.3, 0.4) is 0 Å². The molecule has 3 nitrogen and oxygen atoms in total. The van der Waals surface area contributed by atoms with E-state index >= 15 is 0 Å². The van der Waals surface area contributed by atoms with Crippen LogP contribution in [0.1, 0.15) is 31.7 Å². The van der Waals surface area contributed by atoms with Gasteiger partial charge in [-0.1, -0.05) is 67.9 Å². The predicted octanol–water partition coefficient (Wildman–Crippen LogP) is 3.99. The maximum absolute atomic E-state index is 11.4. The quantitative estimate of drug-likeness (QED) is 0.631. The molecule has 0 atom stereocenters. The molecule has 0 saturated carbocycles. The molecule has 0 saturated heterocycles. The average molecular weight is 280 g/mol. The monoisotopic (exact) mass is 280 g/mol. The first-order valence-electron chi connectivity index (χ1n) is 7.27. The number of hydrazone groups is 1. The summed E-state index contributed by atoms with van der Waals surface area (Å²) in [5.41, 5.74) is 5.86. The van der Waals surface area contributed by atoms with Crippen LogP contribution in [0.15, 0.2) is 59.7 Å². The van der Waals surface area contributed by atoms with Crippen LogP contribution in [0.5, 0.6) is 0 Å². The zero-order valence-electron chi connectivity index (χ0n) is 12.3. The Hall–Kier alpha value is -2.42. The fourth-order valence-electron chi connectivity index (χ4n) is 1.96. The fraction of sp³-hybridized carbons (Fsp3) is 0.222. The second-order valence-electron chi connectivity index (χ2n) is 4.88. The molecule has 108 valence electrons. The van der Waals surface area contributed by atoms with Gasteiger partial charge in [-0.3, -0.25) is 4.79 Å². The second-order valence-corrected chi connectivity index (χ2v) is 4.88. The molecule has 1 amide bonds. The number of nitrogens with zero attached hydrogens (tertiary/aromatic N) is 1. The van der Waals surface area contributed by atoms with Crippen LogP contribution in [0.2, 0.25) is 0 Å². The highest BCUT2D eigenvalue weighted by atomic mass is 16.2. The summed E-state index contributed by atoms with van der Waals surface area (Å²) in [7, 11) is 0. The van der Waals surface area contributed by atoms with E-state index in [1.807, 2.05) is 30.3 Å². The van der Waals surface area contributed by atoms with E-state index in [4.69, 9.17) is 0 Å². The number of hydrogen-bond acceptors (Lipinski definition) is 2. The molecule has 1 N–H and O–H groups in total. The molecule has 0 bridgehead atoms. The van der Waals surface area contributed by atoms with Crippen LogP contribution >= 0.6 is 0 Å². The van der Waals surface area contributed by atoms with Gasteiger partial charge in [0.05, 0.1) is 6.21 Å². The minimum absolute atomic E-state index is 0.0333. The van der Waals surface area contributed by atoms with E-state index in [9.17, 15) is 4.79 Å². The van der Waals surface area contributed by atoms with Crippen molar-refractivity contribution in [2.75, 3.05) is 0 Å². The van der Waals surface area contributed by atoms with Gasteiger partial charge in [-0.15, -0.1) is 0 Å².